The Kier molecular flexibility index (Phi) is 5.58. The van der Waals surface area contributed by atoms with Gasteiger partial charge in [0.05, 0.1) is 5.56 Å². The quantitative estimate of drug-likeness (QED) is 0.868. The highest BCUT2D eigenvalue weighted by molar-refractivity contribution is 5.92. The van der Waals surface area contributed by atoms with Gasteiger partial charge >= 0.3 is 5.97 Å². The minimum Gasteiger partial charge on any atom is -0.449 e. The molecule has 1 N–H and O–H groups in total. The first-order valence-electron chi connectivity index (χ1n) is 8.06. The van der Waals surface area contributed by atoms with Crippen molar-refractivity contribution >= 4 is 11.9 Å². The molecule has 2 rings (SSSR count). The van der Waals surface area contributed by atoms with Crippen molar-refractivity contribution in [3.8, 4) is 0 Å². The summed E-state index contributed by atoms with van der Waals surface area (Å²) < 4.78 is 5.28. The summed E-state index contributed by atoms with van der Waals surface area (Å²) in [6, 6.07) is 5.64. The molecule has 0 heterocycles. The van der Waals surface area contributed by atoms with Crippen molar-refractivity contribution in [3.05, 3.63) is 34.9 Å². The third-order valence-electron chi connectivity index (χ3n) is 4.35. The minimum absolute atomic E-state index is 0.205. The first-order valence-corrected chi connectivity index (χ1v) is 8.06. The molecule has 0 spiro atoms. The number of amides is 1. The maximum atomic E-state index is 12.1. The molecule has 0 saturated heterocycles. The van der Waals surface area contributed by atoms with Crippen molar-refractivity contribution in [1.29, 1.82) is 0 Å². The van der Waals surface area contributed by atoms with Gasteiger partial charge in [0, 0.05) is 6.04 Å². The Bertz CT molecular complexity index is 547. The van der Waals surface area contributed by atoms with E-state index in [1.165, 1.54) is 6.42 Å². The van der Waals surface area contributed by atoms with Gasteiger partial charge in [0.1, 0.15) is 0 Å². The molecular weight excluding hydrogens is 278 g/mol. The molecule has 0 unspecified atom stereocenters. The highest BCUT2D eigenvalue weighted by Crippen LogP contribution is 2.18. The van der Waals surface area contributed by atoms with E-state index in [1.54, 1.807) is 19.1 Å². The standard InChI is InChI=1S/C18H25NO3/c1-12-9-10-15(11-13(12)2)18(21)22-14(3)17(20)19-16-7-5-4-6-8-16/h9-11,14,16H,4-8H2,1-3H3,(H,19,20)/t14-/m1/s1. The summed E-state index contributed by atoms with van der Waals surface area (Å²) in [6.07, 6.45) is 4.82. The number of benzene rings is 1. The number of carbonyl (C=O) groups excluding carboxylic acids is 2. The fraction of sp³-hybridized carbons (Fsp3) is 0.556. The van der Waals surface area contributed by atoms with Crippen LogP contribution in [-0.4, -0.2) is 24.0 Å². The van der Waals surface area contributed by atoms with Crippen LogP contribution in [0.2, 0.25) is 0 Å². The summed E-state index contributed by atoms with van der Waals surface area (Å²) in [5.41, 5.74) is 2.65. The van der Waals surface area contributed by atoms with Crippen LogP contribution < -0.4 is 5.32 Å². The summed E-state index contributed by atoms with van der Waals surface area (Å²) in [5.74, 6) is -0.654. The Balaban J connectivity index is 1.89. The second-order valence-corrected chi connectivity index (χ2v) is 6.19. The lowest BCUT2D eigenvalue weighted by Gasteiger charge is -2.24. The fourth-order valence-corrected chi connectivity index (χ4v) is 2.72. The number of ether oxygens (including phenoxy) is 1. The summed E-state index contributed by atoms with van der Waals surface area (Å²) in [4.78, 5) is 24.2. The molecule has 0 radical (unpaired) electrons. The predicted octanol–water partition coefficient (Wildman–Crippen LogP) is 3.30. The molecule has 1 fully saturated rings. The van der Waals surface area contributed by atoms with Gasteiger partial charge < -0.3 is 10.1 Å². The fourth-order valence-electron chi connectivity index (χ4n) is 2.72. The summed E-state index contributed by atoms with van der Waals surface area (Å²) in [6.45, 7) is 5.56. The maximum Gasteiger partial charge on any atom is 0.338 e. The van der Waals surface area contributed by atoms with Gasteiger partial charge in [-0.3, -0.25) is 4.79 Å². The Hall–Kier alpha value is -1.84. The molecule has 22 heavy (non-hydrogen) atoms. The van der Waals surface area contributed by atoms with Crippen LogP contribution in [-0.2, 0) is 9.53 Å². The largest absolute Gasteiger partial charge is 0.449 e. The van der Waals surface area contributed by atoms with Crippen LogP contribution in [0.1, 0.15) is 60.5 Å². The molecule has 0 bridgehead atoms. The second-order valence-electron chi connectivity index (χ2n) is 6.19. The summed E-state index contributed by atoms with van der Waals surface area (Å²) in [7, 11) is 0. The minimum atomic E-state index is -0.768. The van der Waals surface area contributed by atoms with E-state index in [4.69, 9.17) is 4.74 Å². The van der Waals surface area contributed by atoms with Gasteiger partial charge in [0.25, 0.3) is 5.91 Å². The number of aryl methyl sites for hydroxylation is 2. The molecule has 1 atom stereocenters. The zero-order valence-corrected chi connectivity index (χ0v) is 13.6. The highest BCUT2D eigenvalue weighted by atomic mass is 16.5. The van der Waals surface area contributed by atoms with Crippen molar-refractivity contribution in [1.82, 2.24) is 5.32 Å². The molecular formula is C18H25NO3. The molecule has 120 valence electrons. The zero-order valence-electron chi connectivity index (χ0n) is 13.6. The second kappa shape index (κ2) is 7.43. The number of esters is 1. The molecule has 0 aromatic heterocycles. The monoisotopic (exact) mass is 303 g/mol. The molecule has 1 aliphatic carbocycles. The lowest BCUT2D eigenvalue weighted by atomic mass is 9.95. The van der Waals surface area contributed by atoms with Crippen molar-refractivity contribution in [2.75, 3.05) is 0 Å². The van der Waals surface area contributed by atoms with E-state index in [-0.39, 0.29) is 11.9 Å². The molecule has 1 aromatic rings. The Morgan fingerprint density at radius 1 is 1.14 bits per heavy atom. The van der Waals surface area contributed by atoms with Gasteiger partial charge in [0.2, 0.25) is 0 Å². The van der Waals surface area contributed by atoms with Gasteiger partial charge in [-0.05, 0) is 56.9 Å². The van der Waals surface area contributed by atoms with Crippen LogP contribution in [0.3, 0.4) is 0 Å². The predicted molar refractivity (Wildman–Crippen MR) is 85.8 cm³/mol. The number of nitrogens with one attached hydrogen (secondary N) is 1. The third kappa shape index (κ3) is 4.33. The molecule has 1 aliphatic rings. The number of carbonyl (C=O) groups is 2. The van der Waals surface area contributed by atoms with Crippen molar-refractivity contribution < 1.29 is 14.3 Å². The van der Waals surface area contributed by atoms with E-state index in [0.717, 1.165) is 36.8 Å². The zero-order chi connectivity index (χ0) is 16.1. The number of hydrogen-bond acceptors (Lipinski definition) is 3. The number of hydrogen-bond donors (Lipinski definition) is 1. The molecule has 1 saturated carbocycles. The van der Waals surface area contributed by atoms with E-state index in [2.05, 4.69) is 5.32 Å². The molecule has 1 amide bonds. The van der Waals surface area contributed by atoms with Crippen LogP contribution in [0.5, 0.6) is 0 Å². The Morgan fingerprint density at radius 2 is 1.82 bits per heavy atom. The van der Waals surface area contributed by atoms with Crippen molar-refractivity contribution in [3.63, 3.8) is 0 Å². The average molecular weight is 303 g/mol. The lowest BCUT2D eigenvalue weighted by molar-refractivity contribution is -0.130. The van der Waals surface area contributed by atoms with Crippen LogP contribution >= 0.6 is 0 Å². The van der Waals surface area contributed by atoms with Crippen molar-refractivity contribution in [2.24, 2.45) is 0 Å². The van der Waals surface area contributed by atoms with Gasteiger partial charge in [-0.1, -0.05) is 25.3 Å². The summed E-state index contributed by atoms with van der Waals surface area (Å²) >= 11 is 0. The van der Waals surface area contributed by atoms with Crippen LogP contribution in [0, 0.1) is 13.8 Å². The first kappa shape index (κ1) is 16.5. The summed E-state index contributed by atoms with van der Waals surface area (Å²) in [5, 5.41) is 2.98. The normalized spacial score (nSPS) is 16.9. The maximum absolute atomic E-state index is 12.1. The topological polar surface area (TPSA) is 55.4 Å². The average Bonchev–Trinajstić information content (AvgIpc) is 2.50. The van der Waals surface area contributed by atoms with Gasteiger partial charge in [-0.25, -0.2) is 4.79 Å². The van der Waals surface area contributed by atoms with Crippen LogP contribution in [0.4, 0.5) is 0 Å². The van der Waals surface area contributed by atoms with Gasteiger partial charge in [-0.15, -0.1) is 0 Å². The molecule has 0 aliphatic heterocycles. The van der Waals surface area contributed by atoms with E-state index in [9.17, 15) is 9.59 Å². The van der Waals surface area contributed by atoms with E-state index < -0.39 is 12.1 Å². The smallest absolute Gasteiger partial charge is 0.338 e. The van der Waals surface area contributed by atoms with E-state index in [1.807, 2.05) is 19.9 Å². The van der Waals surface area contributed by atoms with E-state index in [0.29, 0.717) is 5.56 Å². The number of rotatable bonds is 4. The Morgan fingerprint density at radius 3 is 2.45 bits per heavy atom. The highest BCUT2D eigenvalue weighted by Gasteiger charge is 2.22. The van der Waals surface area contributed by atoms with Crippen LogP contribution in [0.15, 0.2) is 18.2 Å². The van der Waals surface area contributed by atoms with E-state index >= 15 is 0 Å². The molecule has 4 heteroatoms. The first-order chi connectivity index (χ1) is 10.5. The molecule has 4 nitrogen and oxygen atoms in total. The SMILES string of the molecule is Cc1ccc(C(=O)O[C@H](C)C(=O)NC2CCCCC2)cc1C. The third-order valence-corrected chi connectivity index (χ3v) is 4.35. The van der Waals surface area contributed by atoms with Gasteiger partial charge in [-0.2, -0.15) is 0 Å². The van der Waals surface area contributed by atoms with Gasteiger partial charge in [0.15, 0.2) is 6.10 Å². The van der Waals surface area contributed by atoms with Crippen LogP contribution in [0.25, 0.3) is 0 Å². The Labute approximate surface area is 132 Å². The lowest BCUT2D eigenvalue weighted by Crippen LogP contribution is -2.42. The molecule has 1 aromatic carbocycles. The van der Waals surface area contributed by atoms with Crippen molar-refractivity contribution in [2.45, 2.75) is 65.0 Å².